The third-order valence-electron chi connectivity index (χ3n) is 5.67. The molecule has 3 nitrogen and oxygen atoms in total. The highest BCUT2D eigenvalue weighted by Gasteiger charge is 2.08. The SMILES string of the molecule is C(=C\c1nc2ccccc2n1CCCCOc1ccc2ccccc2c1)/c1ccccc1. The van der Waals surface area contributed by atoms with Crippen LogP contribution in [-0.4, -0.2) is 16.2 Å². The van der Waals surface area contributed by atoms with Gasteiger partial charge in [0.05, 0.1) is 17.6 Å². The summed E-state index contributed by atoms with van der Waals surface area (Å²) < 4.78 is 8.33. The lowest BCUT2D eigenvalue weighted by molar-refractivity contribution is 0.304. The Kier molecular flexibility index (Phi) is 5.98. The van der Waals surface area contributed by atoms with Crippen molar-refractivity contribution in [1.29, 1.82) is 0 Å². The summed E-state index contributed by atoms with van der Waals surface area (Å²) in [5.41, 5.74) is 3.39. The maximum Gasteiger partial charge on any atom is 0.133 e. The first-order chi connectivity index (χ1) is 15.9. The van der Waals surface area contributed by atoms with Crippen LogP contribution in [-0.2, 0) is 6.54 Å². The second-order valence-electron chi connectivity index (χ2n) is 7.92. The number of aryl methyl sites for hydroxylation is 1. The molecule has 0 atom stereocenters. The minimum absolute atomic E-state index is 0.708. The van der Waals surface area contributed by atoms with Crippen LogP contribution >= 0.6 is 0 Å². The molecule has 0 aliphatic carbocycles. The van der Waals surface area contributed by atoms with E-state index in [4.69, 9.17) is 9.72 Å². The number of fused-ring (bicyclic) bond motifs is 2. The van der Waals surface area contributed by atoms with E-state index in [0.29, 0.717) is 6.61 Å². The fraction of sp³-hybridized carbons (Fsp3) is 0.138. The third kappa shape index (κ3) is 4.57. The molecule has 0 saturated heterocycles. The van der Waals surface area contributed by atoms with Gasteiger partial charge in [-0.05, 0) is 59.5 Å². The summed E-state index contributed by atoms with van der Waals surface area (Å²) in [4.78, 5) is 4.85. The van der Waals surface area contributed by atoms with Crippen LogP contribution in [0.25, 0.3) is 34.0 Å². The van der Waals surface area contributed by atoms with E-state index in [1.54, 1.807) is 0 Å². The summed E-state index contributed by atoms with van der Waals surface area (Å²) in [6.45, 7) is 1.62. The summed E-state index contributed by atoms with van der Waals surface area (Å²) in [6, 6.07) is 33.4. The lowest BCUT2D eigenvalue weighted by atomic mass is 10.1. The summed E-state index contributed by atoms with van der Waals surface area (Å²) >= 11 is 0. The molecule has 32 heavy (non-hydrogen) atoms. The lowest BCUT2D eigenvalue weighted by Gasteiger charge is -2.09. The van der Waals surface area contributed by atoms with Gasteiger partial charge in [0.2, 0.25) is 0 Å². The van der Waals surface area contributed by atoms with E-state index in [2.05, 4.69) is 102 Å². The number of hydrogen-bond acceptors (Lipinski definition) is 2. The van der Waals surface area contributed by atoms with Gasteiger partial charge in [-0.3, -0.25) is 0 Å². The minimum Gasteiger partial charge on any atom is -0.494 e. The van der Waals surface area contributed by atoms with Gasteiger partial charge in [-0.25, -0.2) is 4.98 Å². The van der Waals surface area contributed by atoms with Gasteiger partial charge in [-0.1, -0.05) is 78.9 Å². The molecule has 4 aromatic carbocycles. The molecule has 0 N–H and O–H groups in total. The Bertz CT molecular complexity index is 1350. The van der Waals surface area contributed by atoms with Crippen molar-refractivity contribution >= 4 is 34.0 Å². The van der Waals surface area contributed by atoms with Crippen LogP contribution < -0.4 is 4.74 Å². The second kappa shape index (κ2) is 9.52. The van der Waals surface area contributed by atoms with Gasteiger partial charge in [0.25, 0.3) is 0 Å². The van der Waals surface area contributed by atoms with Gasteiger partial charge in [0.15, 0.2) is 0 Å². The number of imidazole rings is 1. The zero-order valence-corrected chi connectivity index (χ0v) is 18.0. The van der Waals surface area contributed by atoms with Crippen molar-refractivity contribution in [3.8, 4) is 5.75 Å². The topological polar surface area (TPSA) is 27.1 Å². The fourth-order valence-electron chi connectivity index (χ4n) is 4.01. The molecule has 0 aliphatic heterocycles. The number of para-hydroxylation sites is 2. The standard InChI is InChI=1S/C29H26N2O/c1-2-10-23(11-3-1)16-19-29-30-27-14-6-7-15-28(27)31(29)20-8-9-21-32-26-18-17-24-12-4-5-13-25(24)22-26/h1-7,10-19,22H,8-9,20-21H2/b19-16+. The van der Waals surface area contributed by atoms with Crippen LogP contribution in [0.5, 0.6) is 5.75 Å². The van der Waals surface area contributed by atoms with Crippen molar-refractivity contribution in [2.24, 2.45) is 0 Å². The number of aromatic nitrogens is 2. The molecule has 0 aliphatic rings. The molecular formula is C29H26N2O. The summed E-state index contributed by atoms with van der Waals surface area (Å²) in [6.07, 6.45) is 6.25. The second-order valence-corrected chi connectivity index (χ2v) is 7.92. The van der Waals surface area contributed by atoms with Crippen molar-refractivity contribution < 1.29 is 4.74 Å². The number of ether oxygens (including phenoxy) is 1. The van der Waals surface area contributed by atoms with Crippen LogP contribution in [0.15, 0.2) is 97.1 Å². The number of hydrogen-bond donors (Lipinski definition) is 0. The van der Waals surface area contributed by atoms with Crippen LogP contribution in [0, 0.1) is 0 Å². The summed E-state index contributed by atoms with van der Waals surface area (Å²) in [5.74, 6) is 1.92. The zero-order valence-electron chi connectivity index (χ0n) is 18.0. The van der Waals surface area contributed by atoms with Gasteiger partial charge in [-0.2, -0.15) is 0 Å². The number of benzene rings is 4. The number of rotatable bonds is 8. The van der Waals surface area contributed by atoms with Crippen molar-refractivity contribution in [1.82, 2.24) is 9.55 Å². The molecule has 0 amide bonds. The van der Waals surface area contributed by atoms with Gasteiger partial charge >= 0.3 is 0 Å². The van der Waals surface area contributed by atoms with E-state index in [1.807, 2.05) is 12.1 Å². The summed E-state index contributed by atoms with van der Waals surface area (Å²) in [7, 11) is 0. The monoisotopic (exact) mass is 418 g/mol. The quantitative estimate of drug-likeness (QED) is 0.249. The maximum absolute atomic E-state index is 6.02. The first-order valence-corrected chi connectivity index (χ1v) is 11.2. The van der Waals surface area contributed by atoms with Crippen LogP contribution in [0.3, 0.4) is 0 Å². The maximum atomic E-state index is 6.02. The van der Waals surface area contributed by atoms with Crippen LogP contribution in [0.1, 0.15) is 24.2 Å². The van der Waals surface area contributed by atoms with Crippen molar-refractivity contribution in [3.05, 3.63) is 108 Å². The van der Waals surface area contributed by atoms with Gasteiger partial charge in [-0.15, -0.1) is 0 Å². The molecular weight excluding hydrogens is 392 g/mol. The first-order valence-electron chi connectivity index (χ1n) is 11.2. The normalized spacial score (nSPS) is 11.5. The fourth-order valence-corrected chi connectivity index (χ4v) is 4.01. The zero-order chi connectivity index (χ0) is 21.6. The van der Waals surface area contributed by atoms with Gasteiger partial charge in [0.1, 0.15) is 11.6 Å². The first kappa shape index (κ1) is 20.1. The Hall–Kier alpha value is -3.85. The van der Waals surface area contributed by atoms with E-state index in [0.717, 1.165) is 36.5 Å². The molecule has 1 aromatic heterocycles. The Morgan fingerprint density at radius 3 is 2.41 bits per heavy atom. The molecule has 0 bridgehead atoms. The highest BCUT2D eigenvalue weighted by molar-refractivity contribution is 5.83. The molecule has 158 valence electrons. The molecule has 1 heterocycles. The van der Waals surface area contributed by atoms with Gasteiger partial charge < -0.3 is 9.30 Å². The minimum atomic E-state index is 0.708. The molecule has 3 heteroatoms. The molecule has 0 unspecified atom stereocenters. The van der Waals surface area contributed by atoms with Crippen molar-refractivity contribution in [3.63, 3.8) is 0 Å². The van der Waals surface area contributed by atoms with E-state index >= 15 is 0 Å². The predicted octanol–water partition coefficient (Wildman–Crippen LogP) is 7.22. The third-order valence-corrected chi connectivity index (χ3v) is 5.67. The van der Waals surface area contributed by atoms with Crippen molar-refractivity contribution in [2.75, 3.05) is 6.61 Å². The Morgan fingerprint density at radius 1 is 0.719 bits per heavy atom. The smallest absolute Gasteiger partial charge is 0.133 e. The Balaban J connectivity index is 1.24. The molecule has 0 spiro atoms. The van der Waals surface area contributed by atoms with E-state index in [1.165, 1.54) is 21.9 Å². The van der Waals surface area contributed by atoms with Gasteiger partial charge in [0, 0.05) is 6.54 Å². The van der Waals surface area contributed by atoms with Crippen molar-refractivity contribution in [2.45, 2.75) is 19.4 Å². The molecule has 0 fully saturated rings. The lowest BCUT2D eigenvalue weighted by Crippen LogP contribution is -2.04. The van der Waals surface area contributed by atoms with E-state index < -0.39 is 0 Å². The Morgan fingerprint density at radius 2 is 1.50 bits per heavy atom. The number of nitrogens with zero attached hydrogens (tertiary/aromatic N) is 2. The highest BCUT2D eigenvalue weighted by Crippen LogP contribution is 2.22. The average molecular weight is 419 g/mol. The largest absolute Gasteiger partial charge is 0.494 e. The molecule has 5 rings (SSSR count). The van der Waals surface area contributed by atoms with Crippen LogP contribution in [0.2, 0.25) is 0 Å². The highest BCUT2D eigenvalue weighted by atomic mass is 16.5. The summed E-state index contributed by atoms with van der Waals surface area (Å²) in [5, 5.41) is 2.45. The van der Waals surface area contributed by atoms with E-state index in [9.17, 15) is 0 Å². The predicted molar refractivity (Wildman–Crippen MR) is 134 cm³/mol. The van der Waals surface area contributed by atoms with Crippen LogP contribution in [0.4, 0.5) is 0 Å². The average Bonchev–Trinajstić information content (AvgIpc) is 3.20. The molecule has 5 aromatic rings. The Labute approximate surface area is 188 Å². The van der Waals surface area contributed by atoms with E-state index in [-0.39, 0.29) is 0 Å². The molecule has 0 radical (unpaired) electrons. The number of unbranched alkanes of at least 4 members (excludes halogenated alkanes) is 1. The molecule has 0 saturated carbocycles.